The van der Waals surface area contributed by atoms with E-state index in [4.69, 9.17) is 4.74 Å². The number of hydrogen-bond donors (Lipinski definition) is 1. The van der Waals surface area contributed by atoms with Crippen molar-refractivity contribution < 1.29 is 4.74 Å². The monoisotopic (exact) mass is 264 g/mol. The Kier molecular flexibility index (Phi) is 5.39. The molecule has 0 aromatic carbocycles. The number of anilines is 2. The summed E-state index contributed by atoms with van der Waals surface area (Å²) < 4.78 is 5.50. The van der Waals surface area contributed by atoms with Crippen molar-refractivity contribution >= 4 is 11.6 Å². The van der Waals surface area contributed by atoms with Crippen molar-refractivity contribution in [2.75, 3.05) is 43.1 Å². The first kappa shape index (κ1) is 14.1. The van der Waals surface area contributed by atoms with E-state index in [-0.39, 0.29) is 0 Å². The number of aromatic nitrogens is 2. The van der Waals surface area contributed by atoms with E-state index in [0.717, 1.165) is 69.6 Å². The van der Waals surface area contributed by atoms with Crippen molar-refractivity contribution in [3.8, 4) is 0 Å². The topological polar surface area (TPSA) is 50.3 Å². The fourth-order valence-electron chi connectivity index (χ4n) is 2.23. The molecule has 5 heteroatoms. The van der Waals surface area contributed by atoms with Gasteiger partial charge in [-0.05, 0) is 19.8 Å². The highest BCUT2D eigenvalue weighted by Crippen LogP contribution is 2.18. The van der Waals surface area contributed by atoms with E-state index in [2.05, 4.69) is 34.0 Å². The Morgan fingerprint density at radius 1 is 1.26 bits per heavy atom. The van der Waals surface area contributed by atoms with Crippen LogP contribution in [-0.2, 0) is 11.2 Å². The van der Waals surface area contributed by atoms with Crippen LogP contribution in [0.4, 0.5) is 11.6 Å². The molecule has 1 fully saturated rings. The number of aryl methyl sites for hydroxylation is 1. The van der Waals surface area contributed by atoms with Crippen molar-refractivity contribution in [3.63, 3.8) is 0 Å². The van der Waals surface area contributed by atoms with Gasteiger partial charge in [0.05, 0.1) is 6.61 Å². The maximum atomic E-state index is 5.50. The van der Waals surface area contributed by atoms with Gasteiger partial charge >= 0.3 is 0 Å². The molecule has 0 saturated carbocycles. The van der Waals surface area contributed by atoms with Crippen molar-refractivity contribution in [2.24, 2.45) is 0 Å². The van der Waals surface area contributed by atoms with Gasteiger partial charge in [0.2, 0.25) is 0 Å². The van der Waals surface area contributed by atoms with Crippen molar-refractivity contribution in [1.29, 1.82) is 0 Å². The van der Waals surface area contributed by atoms with E-state index < -0.39 is 0 Å². The summed E-state index contributed by atoms with van der Waals surface area (Å²) in [7, 11) is 0. The Morgan fingerprint density at radius 3 is 2.95 bits per heavy atom. The molecule has 1 saturated heterocycles. The number of rotatable bonds is 5. The fraction of sp³-hybridized carbons (Fsp3) is 0.714. The van der Waals surface area contributed by atoms with Crippen LogP contribution in [0.25, 0.3) is 0 Å². The summed E-state index contributed by atoms with van der Waals surface area (Å²) in [6.07, 6.45) is 3.05. The molecule has 0 atom stereocenters. The number of ether oxygens (including phenoxy) is 1. The summed E-state index contributed by atoms with van der Waals surface area (Å²) in [5.74, 6) is 2.89. The van der Waals surface area contributed by atoms with Crippen LogP contribution in [0.15, 0.2) is 6.07 Å². The average molecular weight is 264 g/mol. The molecule has 0 amide bonds. The molecular formula is C14H24N4O. The fourth-order valence-corrected chi connectivity index (χ4v) is 2.23. The Hall–Kier alpha value is -1.36. The van der Waals surface area contributed by atoms with Crippen LogP contribution in [0, 0.1) is 0 Å². The van der Waals surface area contributed by atoms with E-state index in [9.17, 15) is 0 Å². The van der Waals surface area contributed by atoms with E-state index in [1.54, 1.807) is 0 Å². The average Bonchev–Trinajstić information content (AvgIpc) is 2.68. The van der Waals surface area contributed by atoms with Gasteiger partial charge in [-0.15, -0.1) is 0 Å². The first-order chi connectivity index (χ1) is 9.33. The maximum absolute atomic E-state index is 5.50. The third-order valence-corrected chi connectivity index (χ3v) is 3.14. The zero-order chi connectivity index (χ0) is 13.5. The first-order valence-electron chi connectivity index (χ1n) is 7.28. The lowest BCUT2D eigenvalue weighted by molar-refractivity contribution is 0.152. The van der Waals surface area contributed by atoms with Gasteiger partial charge in [-0.3, -0.25) is 0 Å². The number of nitrogens with one attached hydrogen (secondary N) is 1. The summed E-state index contributed by atoms with van der Waals surface area (Å²) >= 11 is 0. The second-order valence-corrected chi connectivity index (χ2v) is 4.76. The Balaban J connectivity index is 2.20. The lowest BCUT2D eigenvalue weighted by atomic mass is 10.3. The van der Waals surface area contributed by atoms with Gasteiger partial charge in [0, 0.05) is 38.7 Å². The molecule has 1 aromatic rings. The molecule has 1 N–H and O–H groups in total. The van der Waals surface area contributed by atoms with Crippen molar-refractivity contribution in [3.05, 3.63) is 11.9 Å². The highest BCUT2D eigenvalue weighted by Gasteiger charge is 2.13. The molecule has 1 aliphatic heterocycles. The van der Waals surface area contributed by atoms with Gasteiger partial charge in [0.1, 0.15) is 17.5 Å². The highest BCUT2D eigenvalue weighted by atomic mass is 16.5. The molecular weight excluding hydrogens is 240 g/mol. The van der Waals surface area contributed by atoms with E-state index in [0.29, 0.717) is 0 Å². The predicted octanol–water partition coefficient (Wildman–Crippen LogP) is 2.09. The minimum atomic E-state index is 0.781. The number of hydrogen-bond acceptors (Lipinski definition) is 5. The molecule has 0 spiro atoms. The maximum Gasteiger partial charge on any atom is 0.134 e. The highest BCUT2D eigenvalue weighted by molar-refractivity contribution is 5.49. The molecule has 5 nitrogen and oxygen atoms in total. The van der Waals surface area contributed by atoms with Crippen molar-refractivity contribution in [1.82, 2.24) is 9.97 Å². The third-order valence-electron chi connectivity index (χ3n) is 3.14. The molecule has 0 unspecified atom stereocenters. The normalized spacial score (nSPS) is 16.2. The summed E-state index contributed by atoms with van der Waals surface area (Å²) in [5, 5.41) is 3.29. The quantitative estimate of drug-likeness (QED) is 0.882. The molecule has 19 heavy (non-hydrogen) atoms. The summed E-state index contributed by atoms with van der Waals surface area (Å²) in [4.78, 5) is 11.5. The molecule has 1 aliphatic rings. The van der Waals surface area contributed by atoms with Gasteiger partial charge in [0.25, 0.3) is 0 Å². The zero-order valence-corrected chi connectivity index (χ0v) is 12.0. The zero-order valence-electron chi connectivity index (χ0n) is 12.0. The van der Waals surface area contributed by atoms with E-state index >= 15 is 0 Å². The number of nitrogens with zero attached hydrogens (tertiary/aromatic N) is 3. The molecule has 0 aliphatic carbocycles. The van der Waals surface area contributed by atoms with Gasteiger partial charge < -0.3 is 15.0 Å². The van der Waals surface area contributed by atoms with E-state index in [1.165, 1.54) is 0 Å². The molecule has 2 heterocycles. The minimum absolute atomic E-state index is 0.781. The van der Waals surface area contributed by atoms with Gasteiger partial charge in [-0.2, -0.15) is 0 Å². The largest absolute Gasteiger partial charge is 0.380 e. The summed E-state index contributed by atoms with van der Waals surface area (Å²) in [6.45, 7) is 8.67. The van der Waals surface area contributed by atoms with Gasteiger partial charge in [-0.25, -0.2) is 9.97 Å². The summed E-state index contributed by atoms with van der Waals surface area (Å²) in [5.41, 5.74) is 0. The van der Waals surface area contributed by atoms with Crippen LogP contribution < -0.4 is 10.2 Å². The predicted molar refractivity (Wildman–Crippen MR) is 77.8 cm³/mol. The lowest BCUT2D eigenvalue weighted by Gasteiger charge is -2.22. The molecule has 106 valence electrons. The van der Waals surface area contributed by atoms with Gasteiger partial charge in [0.15, 0.2) is 0 Å². The van der Waals surface area contributed by atoms with Gasteiger partial charge in [-0.1, -0.05) is 6.92 Å². The molecule has 0 bridgehead atoms. The Labute approximate surface area is 115 Å². The van der Waals surface area contributed by atoms with Crippen LogP contribution in [0.3, 0.4) is 0 Å². The molecule has 2 rings (SSSR count). The smallest absolute Gasteiger partial charge is 0.134 e. The lowest BCUT2D eigenvalue weighted by Crippen LogP contribution is -2.27. The molecule has 0 radical (unpaired) electrons. The minimum Gasteiger partial charge on any atom is -0.380 e. The summed E-state index contributed by atoms with van der Waals surface area (Å²) in [6, 6.07) is 2.05. The molecule has 1 aromatic heterocycles. The van der Waals surface area contributed by atoms with E-state index in [1.807, 2.05) is 6.07 Å². The Bertz CT molecular complexity index is 365. The Morgan fingerprint density at radius 2 is 2.16 bits per heavy atom. The second-order valence-electron chi connectivity index (χ2n) is 4.76. The SMILES string of the molecule is CCCc1nc(NCC)cc(N2CCCOCC2)n1. The van der Waals surface area contributed by atoms with Crippen LogP contribution >= 0.6 is 0 Å². The van der Waals surface area contributed by atoms with Crippen LogP contribution in [-0.4, -0.2) is 42.8 Å². The first-order valence-corrected chi connectivity index (χ1v) is 7.28. The van der Waals surface area contributed by atoms with Crippen LogP contribution in [0.2, 0.25) is 0 Å². The third kappa shape index (κ3) is 4.06. The second kappa shape index (κ2) is 7.28. The van der Waals surface area contributed by atoms with Crippen LogP contribution in [0.5, 0.6) is 0 Å². The standard InChI is InChI=1S/C14H24N4O/c1-3-6-12-16-13(15-4-2)11-14(17-12)18-7-5-9-19-10-8-18/h11H,3-10H2,1-2H3,(H,15,16,17). The van der Waals surface area contributed by atoms with Crippen LogP contribution in [0.1, 0.15) is 32.5 Å². The van der Waals surface area contributed by atoms with Crippen molar-refractivity contribution in [2.45, 2.75) is 33.1 Å².